The van der Waals surface area contributed by atoms with Gasteiger partial charge in [0.2, 0.25) is 0 Å². The van der Waals surface area contributed by atoms with Gasteiger partial charge in [0.05, 0.1) is 0 Å². The van der Waals surface area contributed by atoms with Crippen LogP contribution in [0, 0.1) is 0 Å². The van der Waals surface area contributed by atoms with Gasteiger partial charge in [-0.05, 0) is 43.7 Å². The molecule has 1 saturated carbocycles. The molecule has 27 heavy (non-hydrogen) atoms. The summed E-state index contributed by atoms with van der Waals surface area (Å²) in [6, 6.07) is 9.25. The molecular formula is C22H32N4O. The van der Waals surface area contributed by atoms with Crippen LogP contribution in [-0.4, -0.2) is 47.6 Å². The van der Waals surface area contributed by atoms with Gasteiger partial charge in [0.15, 0.2) is 0 Å². The van der Waals surface area contributed by atoms with E-state index in [0.29, 0.717) is 12.1 Å². The van der Waals surface area contributed by atoms with E-state index in [1.54, 1.807) is 0 Å². The van der Waals surface area contributed by atoms with Crippen LogP contribution in [0.2, 0.25) is 0 Å². The number of aromatic nitrogens is 1. The number of hydrogen-bond donors (Lipinski definition) is 3. The van der Waals surface area contributed by atoms with Crippen LogP contribution in [0.4, 0.5) is 4.79 Å². The molecule has 2 amide bonds. The number of carbonyl (C=O) groups is 1. The topological polar surface area (TPSA) is 60.2 Å². The first-order valence-corrected chi connectivity index (χ1v) is 10.6. The third-order valence-corrected chi connectivity index (χ3v) is 6.24. The third kappa shape index (κ3) is 4.83. The molecule has 2 aromatic rings. The molecule has 0 radical (unpaired) electrons. The number of piperidine rings is 1. The number of urea groups is 1. The SMILES string of the molecule is O=C(NC1CCCCC1)NC1CCN(CCc2c[nH]c3ccccc23)CC1. The molecule has 1 saturated heterocycles. The highest BCUT2D eigenvalue weighted by Crippen LogP contribution is 2.20. The summed E-state index contributed by atoms with van der Waals surface area (Å²) in [6.07, 6.45) is 11.4. The van der Waals surface area contributed by atoms with Gasteiger partial charge in [-0.3, -0.25) is 0 Å². The van der Waals surface area contributed by atoms with Crippen LogP contribution >= 0.6 is 0 Å². The summed E-state index contributed by atoms with van der Waals surface area (Å²) in [5, 5.41) is 7.71. The quantitative estimate of drug-likeness (QED) is 0.752. The van der Waals surface area contributed by atoms with Crippen LogP contribution in [0.5, 0.6) is 0 Å². The smallest absolute Gasteiger partial charge is 0.315 e. The molecule has 3 N–H and O–H groups in total. The van der Waals surface area contributed by atoms with Crippen molar-refractivity contribution in [2.75, 3.05) is 19.6 Å². The molecule has 5 heteroatoms. The first-order valence-electron chi connectivity index (χ1n) is 10.6. The second kappa shape index (κ2) is 8.79. The van der Waals surface area contributed by atoms with Crippen molar-refractivity contribution in [2.45, 2.75) is 63.5 Å². The van der Waals surface area contributed by atoms with Crippen LogP contribution in [0.1, 0.15) is 50.5 Å². The second-order valence-electron chi connectivity index (χ2n) is 8.18. The average molecular weight is 369 g/mol. The summed E-state index contributed by atoms with van der Waals surface area (Å²) in [7, 11) is 0. The monoisotopic (exact) mass is 368 g/mol. The van der Waals surface area contributed by atoms with Gasteiger partial charge in [-0.25, -0.2) is 4.79 Å². The molecule has 1 aliphatic carbocycles. The fourth-order valence-corrected chi connectivity index (χ4v) is 4.58. The lowest BCUT2D eigenvalue weighted by molar-refractivity contribution is 0.191. The Morgan fingerprint density at radius 1 is 1.00 bits per heavy atom. The van der Waals surface area contributed by atoms with Gasteiger partial charge in [-0.1, -0.05) is 37.5 Å². The van der Waals surface area contributed by atoms with Gasteiger partial charge < -0.3 is 20.5 Å². The molecule has 4 rings (SSSR count). The molecule has 1 aromatic carbocycles. The zero-order valence-corrected chi connectivity index (χ0v) is 16.2. The highest BCUT2D eigenvalue weighted by Gasteiger charge is 2.22. The minimum absolute atomic E-state index is 0.0409. The molecule has 2 heterocycles. The number of nitrogens with zero attached hydrogens (tertiary/aromatic N) is 1. The Morgan fingerprint density at radius 3 is 2.48 bits per heavy atom. The molecular weight excluding hydrogens is 336 g/mol. The Labute approximate surface area is 161 Å². The normalized spacial score (nSPS) is 20.0. The molecule has 2 aliphatic rings. The first kappa shape index (κ1) is 18.4. The molecule has 5 nitrogen and oxygen atoms in total. The van der Waals surface area contributed by atoms with Crippen LogP contribution in [0.15, 0.2) is 30.5 Å². The number of likely N-dealkylation sites (tertiary alicyclic amines) is 1. The number of fused-ring (bicyclic) bond motifs is 1. The van der Waals surface area contributed by atoms with Crippen molar-refractivity contribution < 1.29 is 4.79 Å². The lowest BCUT2D eigenvalue weighted by Gasteiger charge is -2.33. The van der Waals surface area contributed by atoms with Gasteiger partial charge in [0.1, 0.15) is 0 Å². The van der Waals surface area contributed by atoms with E-state index in [0.717, 1.165) is 51.7 Å². The molecule has 0 spiro atoms. The molecule has 0 atom stereocenters. The Morgan fingerprint density at radius 2 is 1.70 bits per heavy atom. The summed E-state index contributed by atoms with van der Waals surface area (Å²) >= 11 is 0. The standard InChI is InChI=1S/C22H32N4O/c27-22(24-18-6-2-1-3-7-18)25-19-11-14-26(15-12-19)13-10-17-16-23-21-9-5-4-8-20(17)21/h4-5,8-9,16,18-19,23H,1-3,6-7,10-15H2,(H2,24,25,27). The van der Waals surface area contributed by atoms with Crippen LogP contribution in [0.25, 0.3) is 10.9 Å². The van der Waals surface area contributed by atoms with E-state index < -0.39 is 0 Å². The van der Waals surface area contributed by atoms with Crippen molar-refractivity contribution in [3.63, 3.8) is 0 Å². The van der Waals surface area contributed by atoms with Gasteiger partial charge in [-0.2, -0.15) is 0 Å². The van der Waals surface area contributed by atoms with E-state index in [-0.39, 0.29) is 6.03 Å². The fraction of sp³-hybridized carbons (Fsp3) is 0.591. The van der Waals surface area contributed by atoms with E-state index in [1.165, 1.54) is 35.7 Å². The summed E-state index contributed by atoms with van der Waals surface area (Å²) in [6.45, 7) is 3.22. The van der Waals surface area contributed by atoms with Gasteiger partial charge in [0.25, 0.3) is 0 Å². The van der Waals surface area contributed by atoms with Crippen molar-refractivity contribution in [1.82, 2.24) is 20.5 Å². The largest absolute Gasteiger partial charge is 0.361 e. The maximum Gasteiger partial charge on any atom is 0.315 e. The number of hydrogen-bond acceptors (Lipinski definition) is 2. The van der Waals surface area contributed by atoms with Crippen molar-refractivity contribution in [3.05, 3.63) is 36.0 Å². The molecule has 2 fully saturated rings. The van der Waals surface area contributed by atoms with Crippen LogP contribution < -0.4 is 10.6 Å². The summed E-state index contributed by atoms with van der Waals surface area (Å²) < 4.78 is 0. The fourth-order valence-electron chi connectivity index (χ4n) is 4.58. The van der Waals surface area contributed by atoms with E-state index in [4.69, 9.17) is 0 Å². The van der Waals surface area contributed by atoms with Crippen molar-refractivity contribution in [3.8, 4) is 0 Å². The molecule has 1 aliphatic heterocycles. The Hall–Kier alpha value is -2.01. The maximum absolute atomic E-state index is 12.2. The number of aromatic amines is 1. The Bertz CT molecular complexity index is 742. The predicted octanol–water partition coefficient (Wildman–Crippen LogP) is 3.81. The lowest BCUT2D eigenvalue weighted by atomic mass is 9.96. The van der Waals surface area contributed by atoms with Crippen molar-refractivity contribution in [1.29, 1.82) is 0 Å². The van der Waals surface area contributed by atoms with Gasteiger partial charge in [0, 0.05) is 48.8 Å². The van der Waals surface area contributed by atoms with E-state index >= 15 is 0 Å². The Kier molecular flexibility index (Phi) is 5.97. The number of nitrogens with one attached hydrogen (secondary N) is 3. The number of carbonyl (C=O) groups excluding carboxylic acids is 1. The Balaban J connectivity index is 1.18. The number of rotatable bonds is 5. The first-order chi connectivity index (χ1) is 13.3. The van der Waals surface area contributed by atoms with Gasteiger partial charge in [-0.15, -0.1) is 0 Å². The average Bonchev–Trinajstić information content (AvgIpc) is 3.11. The number of amides is 2. The zero-order chi connectivity index (χ0) is 18.5. The summed E-state index contributed by atoms with van der Waals surface area (Å²) in [4.78, 5) is 18.1. The number of para-hydroxylation sites is 1. The van der Waals surface area contributed by atoms with Crippen LogP contribution in [-0.2, 0) is 6.42 Å². The van der Waals surface area contributed by atoms with E-state index in [9.17, 15) is 4.79 Å². The minimum atomic E-state index is 0.0409. The third-order valence-electron chi connectivity index (χ3n) is 6.24. The van der Waals surface area contributed by atoms with E-state index in [2.05, 4.69) is 51.0 Å². The van der Waals surface area contributed by atoms with E-state index in [1.807, 2.05) is 0 Å². The second-order valence-corrected chi connectivity index (χ2v) is 8.18. The van der Waals surface area contributed by atoms with Crippen LogP contribution in [0.3, 0.4) is 0 Å². The van der Waals surface area contributed by atoms with Crippen molar-refractivity contribution >= 4 is 16.9 Å². The summed E-state index contributed by atoms with van der Waals surface area (Å²) in [5.41, 5.74) is 2.62. The highest BCUT2D eigenvalue weighted by molar-refractivity contribution is 5.83. The molecule has 0 unspecified atom stereocenters. The van der Waals surface area contributed by atoms with Crippen molar-refractivity contribution in [2.24, 2.45) is 0 Å². The summed E-state index contributed by atoms with van der Waals surface area (Å²) in [5.74, 6) is 0. The highest BCUT2D eigenvalue weighted by atomic mass is 16.2. The van der Waals surface area contributed by atoms with Gasteiger partial charge >= 0.3 is 6.03 Å². The molecule has 0 bridgehead atoms. The molecule has 1 aromatic heterocycles. The number of benzene rings is 1. The predicted molar refractivity (Wildman–Crippen MR) is 110 cm³/mol. The minimum Gasteiger partial charge on any atom is -0.361 e. The molecule has 146 valence electrons. The number of H-pyrrole nitrogens is 1. The zero-order valence-electron chi connectivity index (χ0n) is 16.2. The maximum atomic E-state index is 12.2. The lowest BCUT2D eigenvalue weighted by Crippen LogP contribution is -2.50.